The molecule has 2 rings (SSSR count). The first kappa shape index (κ1) is 13.7. The first-order chi connectivity index (χ1) is 8.58. The lowest BCUT2D eigenvalue weighted by Gasteiger charge is -2.11. The Balaban J connectivity index is 2.49. The van der Waals surface area contributed by atoms with Gasteiger partial charge in [0.15, 0.2) is 0 Å². The third kappa shape index (κ3) is 3.18. The molecule has 0 saturated heterocycles. The number of halogens is 2. The van der Waals surface area contributed by atoms with Crippen LogP contribution in [-0.4, -0.2) is 29.0 Å². The van der Waals surface area contributed by atoms with Crippen molar-refractivity contribution in [1.82, 2.24) is 14.9 Å². The van der Waals surface area contributed by atoms with E-state index in [1.165, 1.54) is 0 Å². The van der Waals surface area contributed by atoms with Gasteiger partial charge in [0.1, 0.15) is 11.0 Å². The van der Waals surface area contributed by atoms with E-state index < -0.39 is 0 Å². The Labute approximate surface area is 125 Å². The summed E-state index contributed by atoms with van der Waals surface area (Å²) >= 11 is 8.36. The average Bonchev–Trinajstić information content (AvgIpc) is 2.34. The standard InChI is InChI=1S/C13H13ClIN3/c1-18(2)8-10-16-12(11(15)13(14)17-10)9-6-4-3-5-7-9/h3-7H,8H2,1-2H3. The second-order valence-electron chi connectivity index (χ2n) is 4.20. The van der Waals surface area contributed by atoms with Crippen molar-refractivity contribution in [2.75, 3.05) is 14.1 Å². The Morgan fingerprint density at radius 1 is 1.17 bits per heavy atom. The summed E-state index contributed by atoms with van der Waals surface area (Å²) in [6.45, 7) is 0.677. The van der Waals surface area contributed by atoms with Crippen LogP contribution in [0.15, 0.2) is 30.3 Å². The minimum absolute atomic E-state index is 0.515. The quantitative estimate of drug-likeness (QED) is 0.609. The molecular formula is C13H13ClIN3. The molecule has 1 aromatic heterocycles. The van der Waals surface area contributed by atoms with Gasteiger partial charge in [0, 0.05) is 5.56 Å². The Bertz CT molecular complexity index is 543. The van der Waals surface area contributed by atoms with Gasteiger partial charge in [-0.3, -0.25) is 0 Å². The highest BCUT2D eigenvalue weighted by Gasteiger charge is 2.12. The van der Waals surface area contributed by atoms with Crippen molar-refractivity contribution in [3.8, 4) is 11.3 Å². The van der Waals surface area contributed by atoms with Crippen molar-refractivity contribution in [2.24, 2.45) is 0 Å². The van der Waals surface area contributed by atoms with E-state index in [-0.39, 0.29) is 0 Å². The van der Waals surface area contributed by atoms with Gasteiger partial charge in [-0.1, -0.05) is 41.9 Å². The van der Waals surface area contributed by atoms with Gasteiger partial charge in [-0.15, -0.1) is 0 Å². The molecular weight excluding hydrogens is 361 g/mol. The third-order valence-corrected chi connectivity index (χ3v) is 3.98. The van der Waals surface area contributed by atoms with Crippen LogP contribution >= 0.6 is 34.2 Å². The molecule has 0 N–H and O–H groups in total. The summed E-state index contributed by atoms with van der Waals surface area (Å²) in [4.78, 5) is 10.9. The Morgan fingerprint density at radius 2 is 1.83 bits per heavy atom. The molecule has 0 bridgehead atoms. The fraction of sp³-hybridized carbons (Fsp3) is 0.231. The van der Waals surface area contributed by atoms with Crippen LogP contribution in [-0.2, 0) is 6.54 Å². The predicted octanol–water partition coefficient (Wildman–Crippen LogP) is 3.46. The maximum Gasteiger partial charge on any atom is 0.146 e. The largest absolute Gasteiger partial charge is 0.302 e. The van der Waals surface area contributed by atoms with E-state index in [1.807, 2.05) is 49.3 Å². The van der Waals surface area contributed by atoms with Crippen LogP contribution < -0.4 is 0 Å². The highest BCUT2D eigenvalue weighted by atomic mass is 127. The Hall–Kier alpha value is -0.720. The van der Waals surface area contributed by atoms with Gasteiger partial charge in [0.2, 0.25) is 0 Å². The smallest absolute Gasteiger partial charge is 0.146 e. The average molecular weight is 374 g/mol. The summed E-state index contributed by atoms with van der Waals surface area (Å²) in [6.07, 6.45) is 0. The SMILES string of the molecule is CN(C)Cc1nc(Cl)c(I)c(-c2ccccc2)n1. The van der Waals surface area contributed by atoms with Gasteiger partial charge in [0.05, 0.1) is 15.8 Å². The predicted molar refractivity (Wildman–Crippen MR) is 82.6 cm³/mol. The van der Waals surface area contributed by atoms with Gasteiger partial charge in [-0.2, -0.15) is 0 Å². The van der Waals surface area contributed by atoms with Gasteiger partial charge in [-0.25, -0.2) is 9.97 Å². The Kier molecular flexibility index (Phi) is 4.53. The summed E-state index contributed by atoms with van der Waals surface area (Å²) in [6, 6.07) is 10.0. The highest BCUT2D eigenvalue weighted by molar-refractivity contribution is 14.1. The number of benzene rings is 1. The second kappa shape index (κ2) is 5.95. The molecule has 0 radical (unpaired) electrons. The summed E-state index contributed by atoms with van der Waals surface area (Å²) in [7, 11) is 3.97. The number of nitrogens with zero attached hydrogens (tertiary/aromatic N) is 3. The van der Waals surface area contributed by atoms with Crippen LogP contribution in [0.25, 0.3) is 11.3 Å². The van der Waals surface area contributed by atoms with E-state index in [2.05, 4.69) is 32.6 Å². The summed E-state index contributed by atoms with van der Waals surface area (Å²) in [5, 5.41) is 0.515. The van der Waals surface area contributed by atoms with Crippen LogP contribution in [0.4, 0.5) is 0 Å². The minimum Gasteiger partial charge on any atom is -0.302 e. The molecule has 0 atom stereocenters. The summed E-state index contributed by atoms with van der Waals surface area (Å²) in [5.41, 5.74) is 1.96. The lowest BCUT2D eigenvalue weighted by atomic mass is 10.1. The van der Waals surface area contributed by atoms with Crippen molar-refractivity contribution in [1.29, 1.82) is 0 Å². The lowest BCUT2D eigenvalue weighted by Crippen LogP contribution is -2.14. The van der Waals surface area contributed by atoms with Crippen LogP contribution in [0.3, 0.4) is 0 Å². The first-order valence-corrected chi connectivity index (χ1v) is 6.95. The second-order valence-corrected chi connectivity index (χ2v) is 5.63. The Morgan fingerprint density at radius 3 is 2.44 bits per heavy atom. The molecule has 0 fully saturated rings. The van der Waals surface area contributed by atoms with E-state index in [1.54, 1.807) is 0 Å². The molecule has 0 aliphatic carbocycles. The topological polar surface area (TPSA) is 29.0 Å². The van der Waals surface area contributed by atoms with Gasteiger partial charge >= 0.3 is 0 Å². The van der Waals surface area contributed by atoms with Crippen molar-refractivity contribution in [3.05, 3.63) is 44.9 Å². The van der Waals surface area contributed by atoms with Gasteiger partial charge < -0.3 is 4.90 Å². The monoisotopic (exact) mass is 373 g/mol. The van der Waals surface area contributed by atoms with E-state index >= 15 is 0 Å². The number of hydrogen-bond donors (Lipinski definition) is 0. The van der Waals surface area contributed by atoms with Crippen molar-refractivity contribution >= 4 is 34.2 Å². The third-order valence-electron chi connectivity index (χ3n) is 2.36. The molecule has 0 aliphatic heterocycles. The molecule has 0 unspecified atom stereocenters. The van der Waals surface area contributed by atoms with E-state index in [4.69, 9.17) is 11.6 Å². The molecule has 0 saturated carbocycles. The zero-order chi connectivity index (χ0) is 13.1. The highest BCUT2D eigenvalue weighted by Crippen LogP contribution is 2.27. The minimum atomic E-state index is 0.515. The lowest BCUT2D eigenvalue weighted by molar-refractivity contribution is 0.390. The summed E-state index contributed by atoms with van der Waals surface area (Å²) in [5.74, 6) is 0.740. The molecule has 5 heteroatoms. The van der Waals surface area contributed by atoms with Crippen LogP contribution in [0.1, 0.15) is 5.82 Å². The zero-order valence-corrected chi connectivity index (χ0v) is 13.1. The molecule has 1 aromatic carbocycles. The van der Waals surface area contributed by atoms with Crippen molar-refractivity contribution in [2.45, 2.75) is 6.54 Å². The molecule has 0 amide bonds. The normalized spacial score (nSPS) is 10.9. The number of aromatic nitrogens is 2. The van der Waals surface area contributed by atoms with E-state index in [9.17, 15) is 0 Å². The van der Waals surface area contributed by atoms with Crippen LogP contribution in [0.2, 0.25) is 5.15 Å². The van der Waals surface area contributed by atoms with Crippen LogP contribution in [0, 0.1) is 3.57 Å². The molecule has 0 spiro atoms. The molecule has 1 heterocycles. The molecule has 3 nitrogen and oxygen atoms in total. The van der Waals surface area contributed by atoms with Gasteiger partial charge in [0.25, 0.3) is 0 Å². The van der Waals surface area contributed by atoms with Crippen LogP contribution in [0.5, 0.6) is 0 Å². The van der Waals surface area contributed by atoms with E-state index in [0.29, 0.717) is 11.7 Å². The van der Waals surface area contributed by atoms with Gasteiger partial charge in [-0.05, 0) is 36.7 Å². The fourth-order valence-corrected chi connectivity index (χ4v) is 2.34. The number of hydrogen-bond acceptors (Lipinski definition) is 3. The first-order valence-electron chi connectivity index (χ1n) is 5.50. The van der Waals surface area contributed by atoms with Crippen molar-refractivity contribution < 1.29 is 0 Å². The number of rotatable bonds is 3. The maximum atomic E-state index is 6.18. The zero-order valence-electron chi connectivity index (χ0n) is 10.2. The molecule has 94 valence electrons. The summed E-state index contributed by atoms with van der Waals surface area (Å²) < 4.78 is 0.892. The molecule has 2 aromatic rings. The maximum absolute atomic E-state index is 6.18. The molecule has 0 aliphatic rings. The van der Waals surface area contributed by atoms with Crippen molar-refractivity contribution in [3.63, 3.8) is 0 Å². The fourth-order valence-electron chi connectivity index (χ4n) is 1.60. The molecule has 18 heavy (non-hydrogen) atoms. The van der Waals surface area contributed by atoms with E-state index in [0.717, 1.165) is 20.7 Å².